The first-order chi connectivity index (χ1) is 11.5. The average molecular weight is 323 g/mol. The van der Waals surface area contributed by atoms with Gasteiger partial charge in [0.15, 0.2) is 5.82 Å². The number of nitrogens with zero attached hydrogens (tertiary/aromatic N) is 3. The number of aryl methyl sites for hydroxylation is 3. The maximum atomic E-state index is 12.3. The van der Waals surface area contributed by atoms with Crippen molar-refractivity contribution < 1.29 is 4.79 Å². The summed E-state index contributed by atoms with van der Waals surface area (Å²) in [4.78, 5) is 12.3. The van der Waals surface area contributed by atoms with Gasteiger partial charge >= 0.3 is 0 Å². The molecule has 0 spiro atoms. The number of H-pyrrole nitrogens is 1. The molecule has 0 saturated heterocycles. The average Bonchev–Trinajstić information content (AvgIpc) is 3.08. The topological polar surface area (TPSA) is 75.6 Å². The minimum atomic E-state index is -0.1000. The summed E-state index contributed by atoms with van der Waals surface area (Å²) in [5.74, 6) is 0.425. The number of carbonyl (C=O) groups is 1. The monoisotopic (exact) mass is 323 g/mol. The SMILES string of the molecule is Cc1ccccc1-c1cc(NC(=O)Cc2c(C)nn(C)c2C)n[nH]1. The zero-order chi connectivity index (χ0) is 17.3. The van der Waals surface area contributed by atoms with Gasteiger partial charge in [-0.25, -0.2) is 0 Å². The van der Waals surface area contributed by atoms with Gasteiger partial charge in [0.1, 0.15) is 0 Å². The van der Waals surface area contributed by atoms with E-state index >= 15 is 0 Å². The van der Waals surface area contributed by atoms with E-state index in [1.165, 1.54) is 0 Å². The highest BCUT2D eigenvalue weighted by atomic mass is 16.1. The Balaban J connectivity index is 1.73. The Hall–Kier alpha value is -2.89. The van der Waals surface area contributed by atoms with Gasteiger partial charge in [0.05, 0.1) is 17.8 Å². The summed E-state index contributed by atoms with van der Waals surface area (Å²) in [6.07, 6.45) is 0.290. The van der Waals surface area contributed by atoms with Gasteiger partial charge in [0, 0.05) is 29.9 Å². The van der Waals surface area contributed by atoms with Crippen LogP contribution in [0.15, 0.2) is 30.3 Å². The molecule has 0 saturated carbocycles. The fourth-order valence-electron chi connectivity index (χ4n) is 2.82. The van der Waals surface area contributed by atoms with Crippen LogP contribution in [0.4, 0.5) is 5.82 Å². The molecule has 1 aromatic carbocycles. The van der Waals surface area contributed by atoms with E-state index in [0.717, 1.165) is 33.8 Å². The molecule has 6 heteroatoms. The Morgan fingerprint density at radius 1 is 1.25 bits per heavy atom. The molecule has 0 radical (unpaired) electrons. The second kappa shape index (κ2) is 6.31. The fraction of sp³-hybridized carbons (Fsp3) is 0.278. The van der Waals surface area contributed by atoms with Crippen molar-refractivity contribution in [3.05, 3.63) is 52.8 Å². The van der Waals surface area contributed by atoms with Crippen molar-refractivity contribution >= 4 is 11.7 Å². The van der Waals surface area contributed by atoms with Crippen LogP contribution in [0.2, 0.25) is 0 Å². The van der Waals surface area contributed by atoms with E-state index in [2.05, 4.69) is 20.6 Å². The van der Waals surface area contributed by atoms with Crippen LogP contribution in [0.3, 0.4) is 0 Å². The van der Waals surface area contributed by atoms with Gasteiger partial charge in [0.2, 0.25) is 5.91 Å². The van der Waals surface area contributed by atoms with Gasteiger partial charge in [-0.1, -0.05) is 24.3 Å². The van der Waals surface area contributed by atoms with Crippen LogP contribution >= 0.6 is 0 Å². The molecular weight excluding hydrogens is 302 g/mol. The van der Waals surface area contributed by atoms with Gasteiger partial charge in [-0.05, 0) is 26.3 Å². The summed E-state index contributed by atoms with van der Waals surface area (Å²) in [6, 6.07) is 9.90. The Morgan fingerprint density at radius 2 is 2.00 bits per heavy atom. The van der Waals surface area contributed by atoms with Crippen LogP contribution in [-0.4, -0.2) is 25.9 Å². The molecule has 24 heavy (non-hydrogen) atoms. The van der Waals surface area contributed by atoms with Crippen LogP contribution in [0.25, 0.3) is 11.3 Å². The lowest BCUT2D eigenvalue weighted by atomic mass is 10.1. The minimum absolute atomic E-state index is 0.1000. The molecule has 6 nitrogen and oxygen atoms in total. The van der Waals surface area contributed by atoms with E-state index in [4.69, 9.17) is 0 Å². The Bertz CT molecular complexity index is 891. The summed E-state index contributed by atoms with van der Waals surface area (Å²) in [6.45, 7) is 5.93. The maximum absolute atomic E-state index is 12.3. The van der Waals surface area contributed by atoms with Crippen molar-refractivity contribution in [2.45, 2.75) is 27.2 Å². The molecule has 0 aliphatic rings. The fourth-order valence-corrected chi connectivity index (χ4v) is 2.82. The number of nitrogens with one attached hydrogen (secondary N) is 2. The van der Waals surface area contributed by atoms with Crippen molar-refractivity contribution in [3.63, 3.8) is 0 Å². The maximum Gasteiger partial charge on any atom is 0.230 e. The summed E-state index contributed by atoms with van der Waals surface area (Å²) in [5.41, 5.74) is 5.96. The lowest BCUT2D eigenvalue weighted by Gasteiger charge is -2.03. The molecule has 0 bridgehead atoms. The van der Waals surface area contributed by atoms with E-state index < -0.39 is 0 Å². The predicted octanol–water partition coefficient (Wildman–Crippen LogP) is 2.92. The van der Waals surface area contributed by atoms with Crippen molar-refractivity contribution in [3.8, 4) is 11.3 Å². The van der Waals surface area contributed by atoms with E-state index in [0.29, 0.717) is 5.82 Å². The summed E-state index contributed by atoms with van der Waals surface area (Å²) < 4.78 is 1.79. The highest BCUT2D eigenvalue weighted by Crippen LogP contribution is 2.23. The molecule has 2 N–H and O–H groups in total. The summed E-state index contributed by atoms with van der Waals surface area (Å²) in [7, 11) is 1.88. The van der Waals surface area contributed by atoms with E-state index in [-0.39, 0.29) is 12.3 Å². The number of hydrogen-bond acceptors (Lipinski definition) is 3. The molecule has 0 aliphatic carbocycles. The Labute approximate surface area is 140 Å². The molecule has 0 unspecified atom stereocenters. The van der Waals surface area contributed by atoms with Crippen molar-refractivity contribution in [1.29, 1.82) is 0 Å². The normalized spacial score (nSPS) is 10.8. The first-order valence-corrected chi connectivity index (χ1v) is 7.86. The van der Waals surface area contributed by atoms with Crippen LogP contribution in [0, 0.1) is 20.8 Å². The first kappa shape index (κ1) is 16.0. The number of hydrogen-bond donors (Lipinski definition) is 2. The molecule has 3 rings (SSSR count). The van der Waals surface area contributed by atoms with Gasteiger partial charge < -0.3 is 5.32 Å². The van der Waals surface area contributed by atoms with E-state index in [1.807, 2.05) is 58.2 Å². The molecule has 3 aromatic rings. The largest absolute Gasteiger partial charge is 0.309 e. The van der Waals surface area contributed by atoms with Crippen molar-refractivity contribution in [1.82, 2.24) is 20.0 Å². The smallest absolute Gasteiger partial charge is 0.230 e. The van der Waals surface area contributed by atoms with Gasteiger partial charge in [-0.2, -0.15) is 10.2 Å². The van der Waals surface area contributed by atoms with Crippen molar-refractivity contribution in [2.24, 2.45) is 7.05 Å². The Morgan fingerprint density at radius 3 is 2.67 bits per heavy atom. The van der Waals surface area contributed by atoms with Gasteiger partial charge in [0.25, 0.3) is 0 Å². The molecule has 2 heterocycles. The molecule has 0 aliphatic heterocycles. The highest BCUT2D eigenvalue weighted by Gasteiger charge is 2.15. The lowest BCUT2D eigenvalue weighted by molar-refractivity contribution is -0.115. The molecule has 0 atom stereocenters. The predicted molar refractivity (Wildman–Crippen MR) is 93.8 cm³/mol. The molecular formula is C18H21N5O. The summed E-state index contributed by atoms with van der Waals surface area (Å²) in [5, 5.41) is 14.3. The molecule has 2 aromatic heterocycles. The Kier molecular flexibility index (Phi) is 4.20. The third kappa shape index (κ3) is 3.08. The summed E-state index contributed by atoms with van der Waals surface area (Å²) >= 11 is 0. The van der Waals surface area contributed by atoms with Crippen LogP contribution in [-0.2, 0) is 18.3 Å². The number of carbonyl (C=O) groups excluding carboxylic acids is 1. The van der Waals surface area contributed by atoms with E-state index in [1.54, 1.807) is 4.68 Å². The van der Waals surface area contributed by atoms with Crippen LogP contribution in [0.5, 0.6) is 0 Å². The van der Waals surface area contributed by atoms with Gasteiger partial charge in [-0.15, -0.1) is 0 Å². The molecule has 124 valence electrons. The number of benzene rings is 1. The number of rotatable bonds is 4. The zero-order valence-corrected chi connectivity index (χ0v) is 14.3. The second-order valence-electron chi connectivity index (χ2n) is 5.98. The van der Waals surface area contributed by atoms with Crippen LogP contribution in [0.1, 0.15) is 22.5 Å². The standard InChI is InChI=1S/C18H21N5O/c1-11-7-5-6-8-14(11)16-10-17(21-20-16)19-18(24)9-15-12(2)22-23(4)13(15)3/h5-8,10H,9H2,1-4H3,(H2,19,20,21,24). The molecule has 0 fully saturated rings. The minimum Gasteiger partial charge on any atom is -0.309 e. The molecule has 1 amide bonds. The van der Waals surface area contributed by atoms with Crippen LogP contribution < -0.4 is 5.32 Å². The second-order valence-corrected chi connectivity index (χ2v) is 5.98. The quantitative estimate of drug-likeness (QED) is 0.775. The first-order valence-electron chi connectivity index (χ1n) is 7.86. The third-order valence-electron chi connectivity index (χ3n) is 4.28. The van der Waals surface area contributed by atoms with Crippen molar-refractivity contribution in [2.75, 3.05) is 5.32 Å². The van der Waals surface area contributed by atoms with E-state index in [9.17, 15) is 4.79 Å². The van der Waals surface area contributed by atoms with Gasteiger partial charge in [-0.3, -0.25) is 14.6 Å². The number of amides is 1. The lowest BCUT2D eigenvalue weighted by Crippen LogP contribution is -2.15. The highest BCUT2D eigenvalue weighted by molar-refractivity contribution is 5.92. The number of aromatic nitrogens is 4. The zero-order valence-electron chi connectivity index (χ0n) is 14.3. The number of aromatic amines is 1. The third-order valence-corrected chi connectivity index (χ3v) is 4.28. The number of anilines is 1.